The first-order valence-electron chi connectivity index (χ1n) is 8.42. The number of ether oxygens (including phenoxy) is 1. The van der Waals surface area contributed by atoms with Gasteiger partial charge in [-0.3, -0.25) is 14.8 Å². The topological polar surface area (TPSA) is 81.3 Å². The summed E-state index contributed by atoms with van der Waals surface area (Å²) in [6.45, 7) is 2.43. The number of rotatable bonds is 3. The molecule has 0 aliphatic carbocycles. The lowest BCUT2D eigenvalue weighted by atomic mass is 10.0. The van der Waals surface area contributed by atoms with E-state index in [1.54, 1.807) is 12.3 Å². The van der Waals surface area contributed by atoms with E-state index in [4.69, 9.17) is 33.7 Å². The Bertz CT molecular complexity index is 1040. The summed E-state index contributed by atoms with van der Waals surface area (Å²) in [5.41, 5.74) is 9.39. The van der Waals surface area contributed by atoms with E-state index in [9.17, 15) is 4.79 Å². The maximum absolute atomic E-state index is 12.0. The number of fused-ring (bicyclic) bond motifs is 1. The second-order valence-electron chi connectivity index (χ2n) is 6.14. The molecule has 6 nitrogen and oxygen atoms in total. The van der Waals surface area contributed by atoms with Crippen molar-refractivity contribution in [2.24, 2.45) is 5.73 Å². The van der Waals surface area contributed by atoms with Crippen LogP contribution < -0.4 is 10.6 Å². The number of hydrogen-bond donors (Lipinski definition) is 1. The Labute approximate surface area is 165 Å². The van der Waals surface area contributed by atoms with E-state index >= 15 is 0 Å². The third-order valence-corrected chi connectivity index (χ3v) is 5.38. The summed E-state index contributed by atoms with van der Waals surface area (Å²) in [5.74, 6) is -0.543. The van der Waals surface area contributed by atoms with Crippen LogP contribution in [0.15, 0.2) is 36.7 Å². The van der Waals surface area contributed by atoms with Gasteiger partial charge in [0, 0.05) is 36.6 Å². The third kappa shape index (κ3) is 3.20. The van der Waals surface area contributed by atoms with Crippen LogP contribution >= 0.6 is 23.2 Å². The Balaban J connectivity index is 1.99. The summed E-state index contributed by atoms with van der Waals surface area (Å²) in [4.78, 5) is 23.1. The summed E-state index contributed by atoms with van der Waals surface area (Å²) in [6.07, 6.45) is 3.17. The van der Waals surface area contributed by atoms with Crippen LogP contribution in [0.3, 0.4) is 0 Å². The molecule has 2 N–H and O–H groups in total. The Morgan fingerprint density at radius 2 is 1.85 bits per heavy atom. The average molecular weight is 403 g/mol. The number of primary amides is 1. The van der Waals surface area contributed by atoms with E-state index in [0.29, 0.717) is 58.6 Å². The van der Waals surface area contributed by atoms with Crippen LogP contribution in [0.4, 0.5) is 5.69 Å². The number of nitrogens with two attached hydrogens (primary N) is 1. The molecule has 1 aliphatic heterocycles. The molecule has 3 aromatic rings. The zero-order valence-corrected chi connectivity index (χ0v) is 15.8. The zero-order valence-electron chi connectivity index (χ0n) is 14.3. The smallest absolute Gasteiger partial charge is 0.252 e. The molecule has 0 unspecified atom stereocenters. The van der Waals surface area contributed by atoms with Gasteiger partial charge in [-0.2, -0.15) is 0 Å². The molecule has 4 rings (SSSR count). The molecule has 1 aliphatic rings. The van der Waals surface area contributed by atoms with Crippen molar-refractivity contribution in [1.82, 2.24) is 9.97 Å². The fraction of sp³-hybridized carbons (Fsp3) is 0.211. The van der Waals surface area contributed by atoms with Gasteiger partial charge in [-0.15, -0.1) is 0 Å². The number of carbonyl (C=O) groups excluding carboxylic acids is 1. The van der Waals surface area contributed by atoms with E-state index in [1.165, 1.54) is 6.20 Å². The van der Waals surface area contributed by atoms with Gasteiger partial charge < -0.3 is 15.4 Å². The van der Waals surface area contributed by atoms with Crippen LogP contribution in [0, 0.1) is 0 Å². The van der Waals surface area contributed by atoms with Crippen molar-refractivity contribution in [3.8, 4) is 11.1 Å². The molecule has 3 heterocycles. The zero-order chi connectivity index (χ0) is 19.0. The Morgan fingerprint density at radius 3 is 2.59 bits per heavy atom. The molecule has 0 saturated carbocycles. The van der Waals surface area contributed by atoms with Gasteiger partial charge in [-0.25, -0.2) is 0 Å². The molecule has 1 fully saturated rings. The molecule has 8 heteroatoms. The number of aromatic nitrogens is 2. The average Bonchev–Trinajstić information content (AvgIpc) is 2.69. The predicted octanol–water partition coefficient (Wildman–Crippen LogP) is 3.54. The fourth-order valence-electron chi connectivity index (χ4n) is 3.29. The molecule has 1 aromatic carbocycles. The monoisotopic (exact) mass is 402 g/mol. The maximum Gasteiger partial charge on any atom is 0.252 e. The quantitative estimate of drug-likeness (QED) is 0.724. The van der Waals surface area contributed by atoms with Crippen molar-refractivity contribution >= 4 is 45.8 Å². The van der Waals surface area contributed by atoms with Crippen molar-refractivity contribution in [3.63, 3.8) is 0 Å². The van der Waals surface area contributed by atoms with Gasteiger partial charge in [0.25, 0.3) is 5.91 Å². The molecule has 0 radical (unpaired) electrons. The number of pyridine rings is 2. The van der Waals surface area contributed by atoms with Gasteiger partial charge in [0.2, 0.25) is 0 Å². The van der Waals surface area contributed by atoms with Crippen molar-refractivity contribution in [1.29, 1.82) is 0 Å². The summed E-state index contributed by atoms with van der Waals surface area (Å²) in [7, 11) is 0. The second kappa shape index (κ2) is 7.31. The van der Waals surface area contributed by atoms with Gasteiger partial charge in [-0.05, 0) is 12.1 Å². The summed E-state index contributed by atoms with van der Waals surface area (Å²) in [5, 5.41) is 0.904. The van der Waals surface area contributed by atoms with Gasteiger partial charge in [0.15, 0.2) is 0 Å². The highest BCUT2D eigenvalue weighted by molar-refractivity contribution is 6.43. The van der Waals surface area contributed by atoms with Crippen molar-refractivity contribution < 1.29 is 9.53 Å². The lowest BCUT2D eigenvalue weighted by Crippen LogP contribution is -2.37. The van der Waals surface area contributed by atoms with Crippen LogP contribution in [0.25, 0.3) is 22.2 Å². The largest absolute Gasteiger partial charge is 0.378 e. The van der Waals surface area contributed by atoms with Crippen molar-refractivity contribution in [2.75, 3.05) is 31.2 Å². The van der Waals surface area contributed by atoms with Gasteiger partial charge in [-0.1, -0.05) is 35.3 Å². The Morgan fingerprint density at radius 1 is 1.07 bits per heavy atom. The minimum atomic E-state index is -0.543. The predicted molar refractivity (Wildman–Crippen MR) is 107 cm³/mol. The standard InChI is InChI=1S/C19H16Cl2N4O2/c20-14-3-1-2-11(15(14)21)12-4-5-23-17-16(12)24-10-13(19(22)26)18(17)25-6-8-27-9-7-25/h1-5,10H,6-9H2,(H2,22,26). The first-order valence-corrected chi connectivity index (χ1v) is 9.18. The van der Waals surface area contributed by atoms with E-state index in [-0.39, 0.29) is 0 Å². The van der Waals surface area contributed by atoms with Crippen LogP contribution in [0.5, 0.6) is 0 Å². The summed E-state index contributed by atoms with van der Waals surface area (Å²) in [6, 6.07) is 7.27. The summed E-state index contributed by atoms with van der Waals surface area (Å²) >= 11 is 12.6. The molecular weight excluding hydrogens is 387 g/mol. The van der Waals surface area contributed by atoms with Gasteiger partial charge >= 0.3 is 0 Å². The van der Waals surface area contributed by atoms with E-state index in [2.05, 4.69) is 14.9 Å². The first-order chi connectivity index (χ1) is 13.1. The van der Waals surface area contributed by atoms with Crippen LogP contribution in [-0.2, 0) is 4.74 Å². The number of amides is 1. The maximum atomic E-state index is 12.0. The highest BCUT2D eigenvalue weighted by atomic mass is 35.5. The Kier molecular flexibility index (Phi) is 4.86. The molecule has 138 valence electrons. The highest BCUT2D eigenvalue weighted by Gasteiger charge is 2.23. The SMILES string of the molecule is NC(=O)c1cnc2c(-c3cccc(Cl)c3Cl)ccnc2c1N1CCOCC1. The molecule has 1 amide bonds. The molecule has 0 spiro atoms. The molecule has 0 bridgehead atoms. The van der Waals surface area contributed by atoms with Crippen molar-refractivity contribution in [2.45, 2.75) is 0 Å². The van der Waals surface area contributed by atoms with E-state index < -0.39 is 5.91 Å². The van der Waals surface area contributed by atoms with Crippen LogP contribution in [0.2, 0.25) is 10.0 Å². The number of nitrogens with zero attached hydrogens (tertiary/aromatic N) is 3. The number of morpholine rings is 1. The normalized spacial score (nSPS) is 14.5. The lowest BCUT2D eigenvalue weighted by Gasteiger charge is -2.30. The van der Waals surface area contributed by atoms with Gasteiger partial charge in [0.1, 0.15) is 5.52 Å². The lowest BCUT2D eigenvalue weighted by molar-refractivity contribution is 0.0998. The number of anilines is 1. The van der Waals surface area contributed by atoms with Gasteiger partial charge in [0.05, 0.1) is 40.0 Å². The second-order valence-corrected chi connectivity index (χ2v) is 6.93. The first kappa shape index (κ1) is 18.0. The molecule has 0 atom stereocenters. The molecule has 27 heavy (non-hydrogen) atoms. The van der Waals surface area contributed by atoms with E-state index in [1.807, 2.05) is 18.2 Å². The van der Waals surface area contributed by atoms with Crippen molar-refractivity contribution in [3.05, 3.63) is 52.3 Å². The highest BCUT2D eigenvalue weighted by Crippen LogP contribution is 2.38. The molecule has 2 aromatic heterocycles. The molecule has 1 saturated heterocycles. The fourth-order valence-corrected chi connectivity index (χ4v) is 3.69. The molecular formula is C19H16Cl2N4O2. The minimum Gasteiger partial charge on any atom is -0.378 e. The Hall–Kier alpha value is -2.41. The minimum absolute atomic E-state index is 0.339. The number of hydrogen-bond acceptors (Lipinski definition) is 5. The summed E-state index contributed by atoms with van der Waals surface area (Å²) < 4.78 is 5.43. The number of carbonyl (C=O) groups is 1. The number of halogens is 2. The van der Waals surface area contributed by atoms with E-state index in [0.717, 1.165) is 11.1 Å². The van der Waals surface area contributed by atoms with Crippen LogP contribution in [0.1, 0.15) is 10.4 Å². The number of benzene rings is 1. The third-order valence-electron chi connectivity index (χ3n) is 4.56. The van der Waals surface area contributed by atoms with Crippen LogP contribution in [-0.4, -0.2) is 42.2 Å².